The number of carbonyl (C=O) groups excluding carboxylic acids is 1. The van der Waals surface area contributed by atoms with Crippen molar-refractivity contribution < 1.29 is 9.53 Å². The molecule has 0 fully saturated rings. The molecule has 0 saturated carbocycles. The number of methoxy groups -OCH3 is 1. The zero-order valence-electron chi connectivity index (χ0n) is 19.3. The highest BCUT2D eigenvalue weighted by atomic mass is 32.1. The predicted molar refractivity (Wildman–Crippen MR) is 134 cm³/mol. The topological polar surface area (TPSA) is 76.8 Å². The van der Waals surface area contributed by atoms with Crippen molar-refractivity contribution in [3.05, 3.63) is 69.0 Å². The first-order chi connectivity index (χ1) is 16.6. The van der Waals surface area contributed by atoms with Gasteiger partial charge in [0.15, 0.2) is 5.82 Å². The number of thiazole rings is 1. The molecule has 8 heteroatoms. The molecule has 0 spiro atoms. The van der Waals surface area contributed by atoms with Gasteiger partial charge in [-0.25, -0.2) is 0 Å². The Hall–Kier alpha value is -3.52. The summed E-state index contributed by atoms with van der Waals surface area (Å²) in [4.78, 5) is 33.6. The molecule has 0 unspecified atom stereocenters. The van der Waals surface area contributed by atoms with Gasteiger partial charge in [0.1, 0.15) is 10.3 Å². The molecule has 1 amide bonds. The Morgan fingerprint density at radius 3 is 2.47 bits per heavy atom. The lowest BCUT2D eigenvalue weighted by atomic mass is 10.1. The van der Waals surface area contributed by atoms with E-state index >= 15 is 0 Å². The molecule has 1 aliphatic heterocycles. The van der Waals surface area contributed by atoms with Gasteiger partial charge in [0.2, 0.25) is 4.96 Å². The number of carbonyl (C=O) groups is 1. The number of anilines is 1. The monoisotopic (exact) mass is 474 g/mol. The second kappa shape index (κ2) is 9.38. The molecule has 3 heterocycles. The standard InChI is InChI=1S/C26H26N4O3S/c1-3-4-5-6-9-16-29-20-11-8-7-10-19(20)21(24(29)31)22-25(32)30-26(34-22)27-23(28-30)17-12-14-18(33-2)15-13-17/h7-8,10-15H,3-6,9,16H2,1-2H3. The number of rotatable bonds is 8. The number of hydrogen-bond acceptors (Lipinski definition) is 6. The molecule has 1 aliphatic rings. The molecular weight excluding hydrogens is 448 g/mol. The maximum Gasteiger partial charge on any atom is 0.291 e. The van der Waals surface area contributed by atoms with Crippen LogP contribution in [0.4, 0.5) is 5.69 Å². The number of amides is 1. The quantitative estimate of drug-likeness (QED) is 0.360. The molecule has 2 aromatic carbocycles. The van der Waals surface area contributed by atoms with E-state index in [9.17, 15) is 9.59 Å². The Labute approximate surface area is 201 Å². The van der Waals surface area contributed by atoms with E-state index in [0.717, 1.165) is 35.4 Å². The minimum Gasteiger partial charge on any atom is -0.497 e. The summed E-state index contributed by atoms with van der Waals surface area (Å²) >= 11 is 1.22. The van der Waals surface area contributed by atoms with Crippen molar-refractivity contribution in [2.24, 2.45) is 0 Å². The minimum absolute atomic E-state index is 0.117. The number of para-hydroxylation sites is 1. The minimum atomic E-state index is -0.310. The summed E-state index contributed by atoms with van der Waals surface area (Å²) in [6.07, 6.45) is 5.60. The van der Waals surface area contributed by atoms with Crippen molar-refractivity contribution in [2.45, 2.75) is 39.0 Å². The number of fused-ring (bicyclic) bond motifs is 2. The van der Waals surface area contributed by atoms with Crippen molar-refractivity contribution in [1.82, 2.24) is 14.6 Å². The third-order valence-corrected chi connectivity index (χ3v) is 7.17. The number of ether oxygens (including phenoxy) is 1. The van der Waals surface area contributed by atoms with Gasteiger partial charge >= 0.3 is 0 Å². The number of hydrogen-bond donors (Lipinski definition) is 0. The van der Waals surface area contributed by atoms with Crippen LogP contribution in [0.25, 0.3) is 21.9 Å². The van der Waals surface area contributed by atoms with Gasteiger partial charge in [-0.05, 0) is 36.8 Å². The molecule has 0 N–H and O–H groups in total. The molecule has 7 nitrogen and oxygen atoms in total. The fourth-order valence-electron chi connectivity index (χ4n) is 4.34. The second-order valence-electron chi connectivity index (χ2n) is 8.36. The molecule has 174 valence electrons. The average molecular weight is 475 g/mol. The first-order valence-corrected chi connectivity index (χ1v) is 12.4. The maximum atomic E-state index is 13.5. The van der Waals surface area contributed by atoms with Crippen molar-refractivity contribution in [1.29, 1.82) is 0 Å². The fraction of sp³-hybridized carbons (Fsp3) is 0.308. The number of aromatic nitrogens is 3. The highest BCUT2D eigenvalue weighted by Gasteiger charge is 2.33. The molecule has 0 aliphatic carbocycles. The molecule has 4 aromatic rings. The highest BCUT2D eigenvalue weighted by Crippen LogP contribution is 2.35. The van der Waals surface area contributed by atoms with Gasteiger partial charge in [0.05, 0.1) is 18.4 Å². The fourth-order valence-corrected chi connectivity index (χ4v) is 5.34. The number of unbranched alkanes of at least 4 members (excludes halogenated alkanes) is 4. The number of nitrogens with zero attached hydrogens (tertiary/aromatic N) is 4. The lowest BCUT2D eigenvalue weighted by Crippen LogP contribution is -2.33. The average Bonchev–Trinajstić information content (AvgIpc) is 3.50. The zero-order chi connectivity index (χ0) is 23.7. The smallest absolute Gasteiger partial charge is 0.291 e. The van der Waals surface area contributed by atoms with Crippen LogP contribution in [0.3, 0.4) is 0 Å². The van der Waals surface area contributed by atoms with Crippen LogP contribution in [-0.2, 0) is 4.79 Å². The van der Waals surface area contributed by atoms with Crippen molar-refractivity contribution >= 4 is 33.5 Å². The Balaban J connectivity index is 1.52. The van der Waals surface area contributed by atoms with Gasteiger partial charge in [0, 0.05) is 17.7 Å². The summed E-state index contributed by atoms with van der Waals surface area (Å²) in [7, 11) is 1.61. The molecule has 2 aromatic heterocycles. The molecule has 34 heavy (non-hydrogen) atoms. The van der Waals surface area contributed by atoms with Crippen molar-refractivity contribution in [3.8, 4) is 17.1 Å². The Bertz CT molecular complexity index is 1460. The molecule has 0 atom stereocenters. The van der Waals surface area contributed by atoms with Gasteiger partial charge in [-0.1, -0.05) is 62.1 Å². The Kier molecular flexibility index (Phi) is 6.15. The van der Waals surface area contributed by atoms with Crippen LogP contribution < -0.4 is 19.7 Å². The third-order valence-electron chi connectivity index (χ3n) is 6.14. The predicted octanol–water partition coefficient (Wildman–Crippen LogP) is 4.06. The lowest BCUT2D eigenvalue weighted by molar-refractivity contribution is -0.113. The molecule has 0 radical (unpaired) electrons. The van der Waals surface area contributed by atoms with Gasteiger partial charge in [-0.2, -0.15) is 9.50 Å². The number of benzene rings is 2. The van der Waals surface area contributed by atoms with E-state index in [1.54, 1.807) is 7.11 Å². The van der Waals surface area contributed by atoms with E-state index in [2.05, 4.69) is 17.0 Å². The van der Waals surface area contributed by atoms with Crippen LogP contribution in [0.1, 0.15) is 44.6 Å². The summed E-state index contributed by atoms with van der Waals surface area (Å²) in [5.74, 6) is 1.09. The Morgan fingerprint density at radius 2 is 1.74 bits per heavy atom. The summed E-state index contributed by atoms with van der Waals surface area (Å²) < 4.78 is 6.89. The van der Waals surface area contributed by atoms with Crippen molar-refractivity contribution in [2.75, 3.05) is 18.6 Å². The SMILES string of the molecule is CCCCCCCN1C(=O)C(=c2sc3nc(-c4ccc(OC)cc4)nn3c2=O)c2ccccc21. The van der Waals surface area contributed by atoms with Gasteiger partial charge < -0.3 is 9.64 Å². The van der Waals surface area contributed by atoms with E-state index in [0.29, 0.717) is 27.4 Å². The summed E-state index contributed by atoms with van der Waals surface area (Å²) in [6, 6.07) is 15.1. The van der Waals surface area contributed by atoms with Gasteiger partial charge in [0.25, 0.3) is 11.5 Å². The largest absolute Gasteiger partial charge is 0.497 e. The zero-order valence-corrected chi connectivity index (χ0v) is 20.1. The molecule has 0 saturated heterocycles. The lowest BCUT2D eigenvalue weighted by Gasteiger charge is -2.16. The van der Waals surface area contributed by atoms with Crippen LogP contribution in [0.2, 0.25) is 0 Å². The first-order valence-electron chi connectivity index (χ1n) is 11.6. The summed E-state index contributed by atoms with van der Waals surface area (Å²) in [5, 5.41) is 4.43. The van der Waals surface area contributed by atoms with Crippen LogP contribution in [0.5, 0.6) is 5.75 Å². The first kappa shape index (κ1) is 22.3. The van der Waals surface area contributed by atoms with E-state index in [4.69, 9.17) is 4.74 Å². The van der Waals surface area contributed by atoms with E-state index < -0.39 is 0 Å². The maximum absolute atomic E-state index is 13.5. The van der Waals surface area contributed by atoms with E-state index in [1.807, 2.05) is 53.4 Å². The van der Waals surface area contributed by atoms with Crippen LogP contribution >= 0.6 is 11.3 Å². The summed E-state index contributed by atoms with van der Waals surface area (Å²) in [5.41, 5.74) is 2.61. The molecule has 0 bridgehead atoms. The summed E-state index contributed by atoms with van der Waals surface area (Å²) in [6.45, 7) is 2.84. The molecular formula is C26H26N4O3S. The highest BCUT2D eigenvalue weighted by molar-refractivity contribution is 7.15. The van der Waals surface area contributed by atoms with Crippen LogP contribution in [0.15, 0.2) is 53.3 Å². The normalized spacial score (nSPS) is 14.8. The van der Waals surface area contributed by atoms with E-state index in [-0.39, 0.29) is 11.5 Å². The second-order valence-corrected chi connectivity index (χ2v) is 9.34. The van der Waals surface area contributed by atoms with Gasteiger partial charge in [-0.15, -0.1) is 5.10 Å². The van der Waals surface area contributed by atoms with Crippen molar-refractivity contribution in [3.63, 3.8) is 0 Å². The Morgan fingerprint density at radius 1 is 0.971 bits per heavy atom. The third kappa shape index (κ3) is 3.88. The molecule has 5 rings (SSSR count). The van der Waals surface area contributed by atoms with E-state index in [1.165, 1.54) is 35.1 Å². The van der Waals surface area contributed by atoms with Crippen LogP contribution in [0, 0.1) is 0 Å². The van der Waals surface area contributed by atoms with Crippen LogP contribution in [-0.4, -0.2) is 34.2 Å². The van der Waals surface area contributed by atoms with Gasteiger partial charge in [-0.3, -0.25) is 9.59 Å².